The van der Waals surface area contributed by atoms with Crippen molar-refractivity contribution in [1.82, 2.24) is 15.1 Å². The summed E-state index contributed by atoms with van der Waals surface area (Å²) in [5.74, 6) is 1.45. The van der Waals surface area contributed by atoms with Gasteiger partial charge in [-0.2, -0.15) is 0 Å². The number of hydrogen-bond donors (Lipinski definition) is 3. The molecule has 0 unspecified atom stereocenters. The minimum absolute atomic E-state index is 0.00809. The lowest BCUT2D eigenvalue weighted by atomic mass is 9.98. The van der Waals surface area contributed by atoms with Gasteiger partial charge in [0, 0.05) is 63.5 Å². The van der Waals surface area contributed by atoms with Gasteiger partial charge in [-0.15, -0.1) is 0 Å². The Bertz CT molecular complexity index is 2210. The number of hydrogen-bond acceptors (Lipinski definition) is 7. The molecule has 8 rings (SSSR count). The molecule has 6 aromatic rings. The van der Waals surface area contributed by atoms with E-state index in [0.29, 0.717) is 18.0 Å². The quantitative estimate of drug-likeness (QED) is 0.108. The van der Waals surface area contributed by atoms with Gasteiger partial charge >= 0.3 is 6.03 Å². The standard InChI is InChI=1S/C49H50N4O5/c54-35-37-17-19-39(20-18-37)47-31-46(34-53-27-25-52(26-28-53)33-36-9-3-1-4-10-36)57-48(58-47)42-14-8-13-41(30-42)40-12-7-11-38(29-40)32-50-49(55)51-43-21-23-45(24-22-43)56-44-15-5-2-6-16-44/h1-24,29-30,46-48,54H,25-28,31-35H2,(H2,50,51,55)/t46-,47+,48+/m1/s1. The highest BCUT2D eigenvalue weighted by molar-refractivity contribution is 5.89. The predicted molar refractivity (Wildman–Crippen MR) is 227 cm³/mol. The van der Waals surface area contributed by atoms with Crippen LogP contribution in [-0.4, -0.2) is 59.8 Å². The Kier molecular flexibility index (Phi) is 12.8. The number of carbonyl (C=O) groups is 1. The summed E-state index contributed by atoms with van der Waals surface area (Å²) in [7, 11) is 0. The summed E-state index contributed by atoms with van der Waals surface area (Å²) >= 11 is 0. The molecule has 0 radical (unpaired) electrons. The van der Waals surface area contributed by atoms with Gasteiger partial charge in [0.15, 0.2) is 6.29 Å². The fourth-order valence-electron chi connectivity index (χ4n) is 7.61. The molecule has 3 atom stereocenters. The Morgan fingerprint density at radius 1 is 0.638 bits per heavy atom. The van der Waals surface area contributed by atoms with Crippen LogP contribution in [0.5, 0.6) is 11.5 Å². The third-order valence-electron chi connectivity index (χ3n) is 10.8. The Hall–Kier alpha value is -5.81. The number of rotatable bonds is 13. The van der Waals surface area contributed by atoms with Gasteiger partial charge in [0.25, 0.3) is 0 Å². The zero-order valence-corrected chi connectivity index (χ0v) is 32.6. The number of urea groups is 1. The van der Waals surface area contributed by atoms with E-state index >= 15 is 0 Å². The molecule has 2 aliphatic heterocycles. The molecule has 9 nitrogen and oxygen atoms in total. The maximum Gasteiger partial charge on any atom is 0.319 e. The van der Waals surface area contributed by atoms with Crippen molar-refractivity contribution in [2.24, 2.45) is 0 Å². The van der Waals surface area contributed by atoms with E-state index in [4.69, 9.17) is 14.2 Å². The van der Waals surface area contributed by atoms with Gasteiger partial charge in [-0.3, -0.25) is 9.80 Å². The number of ether oxygens (including phenoxy) is 3. The highest BCUT2D eigenvalue weighted by Gasteiger charge is 2.34. The van der Waals surface area contributed by atoms with Crippen LogP contribution in [0.25, 0.3) is 11.1 Å². The Balaban J connectivity index is 0.901. The molecule has 58 heavy (non-hydrogen) atoms. The van der Waals surface area contributed by atoms with E-state index in [1.165, 1.54) is 5.56 Å². The molecule has 0 aromatic heterocycles. The van der Waals surface area contributed by atoms with Crippen LogP contribution in [0.15, 0.2) is 158 Å². The van der Waals surface area contributed by atoms with Crippen molar-refractivity contribution >= 4 is 11.7 Å². The van der Waals surface area contributed by atoms with E-state index in [2.05, 4.69) is 93.2 Å². The van der Waals surface area contributed by atoms with E-state index in [1.807, 2.05) is 84.9 Å². The molecular weight excluding hydrogens is 725 g/mol. The van der Waals surface area contributed by atoms with Crippen LogP contribution >= 0.6 is 0 Å². The number of benzene rings is 6. The van der Waals surface area contributed by atoms with Gasteiger partial charge in [0.05, 0.1) is 18.8 Å². The Morgan fingerprint density at radius 3 is 2.03 bits per heavy atom. The summed E-state index contributed by atoms with van der Waals surface area (Å²) in [4.78, 5) is 17.9. The fraction of sp³-hybridized carbons (Fsp3) is 0.245. The molecule has 296 valence electrons. The fourth-order valence-corrected chi connectivity index (χ4v) is 7.61. The van der Waals surface area contributed by atoms with Crippen molar-refractivity contribution in [3.63, 3.8) is 0 Å². The average Bonchev–Trinajstić information content (AvgIpc) is 3.28. The molecule has 9 heteroatoms. The normalized spacial score (nSPS) is 18.7. The zero-order chi connectivity index (χ0) is 39.5. The van der Waals surface area contributed by atoms with Crippen LogP contribution in [0.1, 0.15) is 46.6 Å². The van der Waals surface area contributed by atoms with Crippen molar-refractivity contribution in [2.75, 3.05) is 38.0 Å². The number of nitrogens with one attached hydrogen (secondary N) is 2. The molecule has 0 spiro atoms. The lowest BCUT2D eigenvalue weighted by Gasteiger charge is -2.41. The van der Waals surface area contributed by atoms with Crippen LogP contribution in [0.3, 0.4) is 0 Å². The van der Waals surface area contributed by atoms with Crippen molar-refractivity contribution in [2.45, 2.75) is 44.6 Å². The molecule has 3 N–H and O–H groups in total. The van der Waals surface area contributed by atoms with E-state index in [-0.39, 0.29) is 24.8 Å². The number of carbonyl (C=O) groups excluding carboxylic acids is 1. The molecule has 0 bridgehead atoms. The summed E-state index contributed by atoms with van der Waals surface area (Å²) in [6, 6.07) is 51.9. The first-order chi connectivity index (χ1) is 28.5. The molecule has 2 heterocycles. The van der Waals surface area contributed by atoms with Crippen LogP contribution in [0, 0.1) is 0 Å². The number of aliphatic hydroxyl groups is 1. The van der Waals surface area contributed by atoms with Crippen molar-refractivity contribution in [1.29, 1.82) is 0 Å². The number of aliphatic hydroxyl groups excluding tert-OH is 1. The average molecular weight is 775 g/mol. The smallest absolute Gasteiger partial charge is 0.319 e. The lowest BCUT2D eigenvalue weighted by molar-refractivity contribution is -0.253. The van der Waals surface area contributed by atoms with Crippen LogP contribution in [-0.2, 0) is 29.2 Å². The third kappa shape index (κ3) is 10.6. The van der Waals surface area contributed by atoms with E-state index in [0.717, 1.165) is 84.8 Å². The highest BCUT2D eigenvalue weighted by atomic mass is 16.7. The summed E-state index contributed by atoms with van der Waals surface area (Å²) < 4.78 is 19.4. The second-order valence-corrected chi connectivity index (χ2v) is 15.0. The van der Waals surface area contributed by atoms with Gasteiger partial charge in [0.1, 0.15) is 11.5 Å². The zero-order valence-electron chi connectivity index (χ0n) is 32.6. The maximum atomic E-state index is 12.8. The molecule has 6 aromatic carbocycles. The second-order valence-electron chi connectivity index (χ2n) is 15.0. The molecule has 2 aliphatic rings. The Labute approximate surface area is 340 Å². The number of anilines is 1. The van der Waals surface area contributed by atoms with Gasteiger partial charge in [-0.05, 0) is 81.9 Å². The van der Waals surface area contributed by atoms with Crippen molar-refractivity contribution in [3.8, 4) is 22.6 Å². The van der Waals surface area contributed by atoms with Gasteiger partial charge < -0.3 is 30.0 Å². The second kappa shape index (κ2) is 19.1. The number of piperazine rings is 1. The topological polar surface area (TPSA) is 95.5 Å². The predicted octanol–water partition coefficient (Wildman–Crippen LogP) is 9.32. The summed E-state index contributed by atoms with van der Waals surface area (Å²) in [5, 5.41) is 15.5. The lowest BCUT2D eigenvalue weighted by Crippen LogP contribution is -2.49. The van der Waals surface area contributed by atoms with E-state index in [1.54, 1.807) is 0 Å². The highest BCUT2D eigenvalue weighted by Crippen LogP contribution is 2.39. The van der Waals surface area contributed by atoms with Crippen molar-refractivity contribution < 1.29 is 24.1 Å². The molecule has 2 fully saturated rings. The number of para-hydroxylation sites is 1. The van der Waals surface area contributed by atoms with E-state index < -0.39 is 6.29 Å². The first-order valence-electron chi connectivity index (χ1n) is 20.1. The largest absolute Gasteiger partial charge is 0.457 e. The first-order valence-corrected chi connectivity index (χ1v) is 20.1. The third-order valence-corrected chi connectivity index (χ3v) is 10.8. The molecule has 2 saturated heterocycles. The number of nitrogens with zero attached hydrogens (tertiary/aromatic N) is 2. The van der Waals surface area contributed by atoms with Gasteiger partial charge in [0.2, 0.25) is 0 Å². The van der Waals surface area contributed by atoms with Crippen LogP contribution < -0.4 is 15.4 Å². The molecule has 0 saturated carbocycles. The molecular formula is C49H50N4O5. The summed E-state index contributed by atoms with van der Waals surface area (Å²) in [6.07, 6.45) is 0.0237. The maximum absolute atomic E-state index is 12.8. The van der Waals surface area contributed by atoms with Crippen molar-refractivity contribution in [3.05, 3.63) is 186 Å². The van der Waals surface area contributed by atoms with Crippen LogP contribution in [0.2, 0.25) is 0 Å². The molecule has 0 aliphatic carbocycles. The summed E-state index contributed by atoms with van der Waals surface area (Å²) in [5.41, 5.74) is 7.98. The first kappa shape index (κ1) is 39.0. The van der Waals surface area contributed by atoms with Gasteiger partial charge in [-0.25, -0.2) is 4.79 Å². The Morgan fingerprint density at radius 2 is 1.29 bits per heavy atom. The summed E-state index contributed by atoms with van der Waals surface area (Å²) in [6.45, 7) is 6.21. The minimum Gasteiger partial charge on any atom is -0.457 e. The monoisotopic (exact) mass is 774 g/mol. The minimum atomic E-state index is -0.548. The number of amides is 2. The SMILES string of the molecule is O=C(NCc1cccc(-c2cccc([C@H]3O[C@@H](CN4CCN(Cc5ccccc5)CC4)C[C@@H](c4ccc(CO)cc4)O3)c2)c1)Nc1ccc(Oc2ccccc2)cc1. The van der Waals surface area contributed by atoms with E-state index in [9.17, 15) is 9.90 Å². The molecule has 2 amide bonds. The van der Waals surface area contributed by atoms with Gasteiger partial charge in [-0.1, -0.05) is 109 Å². The van der Waals surface area contributed by atoms with Crippen LogP contribution in [0.4, 0.5) is 10.5 Å².